The quantitative estimate of drug-likeness (QED) is 0.835. The van der Waals surface area contributed by atoms with E-state index in [4.69, 9.17) is 9.15 Å². The molecule has 0 aromatic carbocycles. The van der Waals surface area contributed by atoms with Crippen molar-refractivity contribution >= 4 is 0 Å². The monoisotopic (exact) mass is 263 g/mol. The third kappa shape index (κ3) is 2.41. The molecule has 0 N–H and O–H groups in total. The third-order valence-corrected chi connectivity index (χ3v) is 4.59. The molecule has 3 fully saturated rings. The van der Waals surface area contributed by atoms with E-state index < -0.39 is 0 Å². The van der Waals surface area contributed by atoms with Crippen LogP contribution < -0.4 is 0 Å². The van der Waals surface area contributed by atoms with Crippen molar-refractivity contribution < 1.29 is 9.15 Å². The van der Waals surface area contributed by atoms with Gasteiger partial charge >= 0.3 is 0 Å². The molecule has 1 aliphatic heterocycles. The Morgan fingerprint density at radius 1 is 1.11 bits per heavy atom. The largest absolute Gasteiger partial charge is 0.424 e. The lowest BCUT2D eigenvalue weighted by atomic mass is 9.90. The number of ether oxygens (including phenoxy) is 1. The van der Waals surface area contributed by atoms with Gasteiger partial charge in [-0.15, -0.1) is 10.2 Å². The Morgan fingerprint density at radius 2 is 2.00 bits per heavy atom. The van der Waals surface area contributed by atoms with Crippen molar-refractivity contribution in [2.45, 2.75) is 63.1 Å². The summed E-state index contributed by atoms with van der Waals surface area (Å²) in [5.74, 6) is 2.19. The molecule has 1 saturated heterocycles. The molecule has 104 valence electrons. The van der Waals surface area contributed by atoms with Gasteiger partial charge in [0.15, 0.2) is 0 Å². The fraction of sp³-hybridized carbons (Fsp3) is 0.857. The van der Waals surface area contributed by atoms with E-state index in [0.717, 1.165) is 31.5 Å². The lowest BCUT2D eigenvalue weighted by Crippen LogP contribution is -2.52. The highest BCUT2D eigenvalue weighted by molar-refractivity contribution is 5.00. The highest BCUT2D eigenvalue weighted by Gasteiger charge is 2.35. The van der Waals surface area contributed by atoms with Crippen molar-refractivity contribution in [3.8, 4) is 0 Å². The zero-order valence-electron chi connectivity index (χ0n) is 11.3. The van der Waals surface area contributed by atoms with Crippen LogP contribution in [0.15, 0.2) is 4.42 Å². The smallest absolute Gasteiger partial charge is 0.230 e. The van der Waals surface area contributed by atoms with Crippen LogP contribution in [-0.4, -0.2) is 40.4 Å². The van der Waals surface area contributed by atoms with E-state index in [9.17, 15) is 0 Å². The summed E-state index contributed by atoms with van der Waals surface area (Å²) in [6, 6.07) is 0.554. The maximum atomic E-state index is 5.89. The Morgan fingerprint density at radius 3 is 2.89 bits per heavy atom. The van der Waals surface area contributed by atoms with Crippen molar-refractivity contribution in [2.75, 3.05) is 13.2 Å². The van der Waals surface area contributed by atoms with E-state index in [1.165, 1.54) is 38.5 Å². The SMILES string of the molecule is C1CC[C@@H]2[C@H](C1)OCCN2Cc1nnc(C2CC2)o1. The van der Waals surface area contributed by atoms with Crippen LogP contribution in [0.3, 0.4) is 0 Å². The molecular weight excluding hydrogens is 242 g/mol. The van der Waals surface area contributed by atoms with Crippen LogP contribution in [0.2, 0.25) is 0 Å². The van der Waals surface area contributed by atoms with Crippen LogP contribution in [0.25, 0.3) is 0 Å². The van der Waals surface area contributed by atoms with Crippen LogP contribution in [-0.2, 0) is 11.3 Å². The van der Waals surface area contributed by atoms with Gasteiger partial charge in [-0.05, 0) is 25.7 Å². The van der Waals surface area contributed by atoms with E-state index in [1.807, 2.05) is 0 Å². The van der Waals surface area contributed by atoms with E-state index in [0.29, 0.717) is 18.1 Å². The zero-order valence-corrected chi connectivity index (χ0v) is 11.3. The maximum absolute atomic E-state index is 5.89. The molecule has 1 aromatic rings. The van der Waals surface area contributed by atoms with Crippen LogP contribution in [0.1, 0.15) is 56.2 Å². The van der Waals surface area contributed by atoms with Crippen molar-refractivity contribution in [2.24, 2.45) is 0 Å². The second kappa shape index (κ2) is 4.87. The van der Waals surface area contributed by atoms with E-state index in [1.54, 1.807) is 0 Å². The Balaban J connectivity index is 1.44. The van der Waals surface area contributed by atoms with Gasteiger partial charge in [-0.3, -0.25) is 4.90 Å². The zero-order chi connectivity index (χ0) is 12.7. The van der Waals surface area contributed by atoms with Gasteiger partial charge in [0.1, 0.15) is 0 Å². The second-order valence-electron chi connectivity index (χ2n) is 6.04. The molecule has 2 saturated carbocycles. The maximum Gasteiger partial charge on any atom is 0.230 e. The van der Waals surface area contributed by atoms with E-state index in [-0.39, 0.29) is 0 Å². The molecule has 1 aromatic heterocycles. The highest BCUT2D eigenvalue weighted by atomic mass is 16.5. The average Bonchev–Trinajstić information content (AvgIpc) is 3.20. The number of hydrogen-bond donors (Lipinski definition) is 0. The molecule has 2 aliphatic carbocycles. The number of morpholine rings is 1. The molecule has 0 amide bonds. The summed E-state index contributed by atoms with van der Waals surface area (Å²) in [7, 11) is 0. The molecule has 3 aliphatic rings. The molecule has 0 radical (unpaired) electrons. The summed E-state index contributed by atoms with van der Waals surface area (Å²) in [6.07, 6.45) is 7.92. The van der Waals surface area contributed by atoms with Crippen LogP contribution >= 0.6 is 0 Å². The Hall–Kier alpha value is -0.940. The average molecular weight is 263 g/mol. The van der Waals surface area contributed by atoms with Gasteiger partial charge < -0.3 is 9.15 Å². The highest BCUT2D eigenvalue weighted by Crippen LogP contribution is 2.39. The molecule has 2 atom stereocenters. The van der Waals surface area contributed by atoms with Crippen LogP contribution in [0.4, 0.5) is 0 Å². The van der Waals surface area contributed by atoms with Crippen molar-refractivity contribution in [1.82, 2.24) is 15.1 Å². The summed E-state index contributed by atoms with van der Waals surface area (Å²) in [5.41, 5.74) is 0. The van der Waals surface area contributed by atoms with Crippen LogP contribution in [0, 0.1) is 0 Å². The number of hydrogen-bond acceptors (Lipinski definition) is 5. The first kappa shape index (κ1) is 11.9. The van der Waals surface area contributed by atoms with Gasteiger partial charge in [0.25, 0.3) is 0 Å². The van der Waals surface area contributed by atoms with Gasteiger partial charge in [-0.2, -0.15) is 0 Å². The summed E-state index contributed by atoms with van der Waals surface area (Å²) in [5, 5.41) is 8.38. The predicted octanol–water partition coefficient (Wildman–Crippen LogP) is 2.09. The molecule has 0 bridgehead atoms. The van der Waals surface area contributed by atoms with Crippen molar-refractivity contribution in [1.29, 1.82) is 0 Å². The fourth-order valence-corrected chi connectivity index (χ4v) is 3.37. The van der Waals surface area contributed by atoms with Crippen molar-refractivity contribution in [3.63, 3.8) is 0 Å². The normalized spacial score (nSPS) is 32.2. The minimum Gasteiger partial charge on any atom is -0.424 e. The standard InChI is InChI=1S/C14H21N3O2/c1-2-4-12-11(3-1)17(7-8-18-12)9-13-15-16-14(19-13)10-5-6-10/h10-12H,1-9H2/t11-,12+/m1/s1. The predicted molar refractivity (Wildman–Crippen MR) is 68.7 cm³/mol. The number of nitrogens with zero attached hydrogens (tertiary/aromatic N) is 3. The Labute approximate surface area is 113 Å². The topological polar surface area (TPSA) is 51.4 Å². The van der Waals surface area contributed by atoms with E-state index in [2.05, 4.69) is 15.1 Å². The lowest BCUT2D eigenvalue weighted by molar-refractivity contribution is -0.0931. The summed E-state index contributed by atoms with van der Waals surface area (Å²) in [4.78, 5) is 2.48. The Bertz CT molecular complexity index is 442. The number of aromatic nitrogens is 2. The van der Waals surface area contributed by atoms with Gasteiger partial charge in [-0.1, -0.05) is 12.8 Å². The first-order valence-electron chi connectivity index (χ1n) is 7.58. The number of rotatable bonds is 3. The van der Waals surface area contributed by atoms with Gasteiger partial charge in [0, 0.05) is 18.5 Å². The first-order valence-corrected chi connectivity index (χ1v) is 7.58. The van der Waals surface area contributed by atoms with Gasteiger partial charge in [-0.25, -0.2) is 0 Å². The fourth-order valence-electron chi connectivity index (χ4n) is 3.37. The minimum atomic E-state index is 0.424. The van der Waals surface area contributed by atoms with E-state index >= 15 is 0 Å². The van der Waals surface area contributed by atoms with Crippen molar-refractivity contribution in [3.05, 3.63) is 11.8 Å². The van der Waals surface area contributed by atoms with Crippen LogP contribution in [0.5, 0.6) is 0 Å². The molecule has 0 spiro atoms. The molecule has 5 heteroatoms. The van der Waals surface area contributed by atoms with Gasteiger partial charge in [0.2, 0.25) is 11.8 Å². The molecular formula is C14H21N3O2. The first-order chi connectivity index (χ1) is 9.40. The number of fused-ring (bicyclic) bond motifs is 1. The minimum absolute atomic E-state index is 0.424. The third-order valence-electron chi connectivity index (χ3n) is 4.59. The molecule has 2 heterocycles. The lowest BCUT2D eigenvalue weighted by Gasteiger charge is -2.43. The molecule has 0 unspecified atom stereocenters. The summed E-state index contributed by atoms with van der Waals surface area (Å²) >= 11 is 0. The summed E-state index contributed by atoms with van der Waals surface area (Å²) < 4.78 is 11.7. The Kier molecular flexibility index (Phi) is 3.04. The molecule has 19 heavy (non-hydrogen) atoms. The second-order valence-corrected chi connectivity index (χ2v) is 6.04. The van der Waals surface area contributed by atoms with Gasteiger partial charge in [0.05, 0.1) is 19.3 Å². The molecule has 5 nitrogen and oxygen atoms in total. The molecule has 4 rings (SSSR count). The summed E-state index contributed by atoms with van der Waals surface area (Å²) in [6.45, 7) is 2.62.